The van der Waals surface area contributed by atoms with Gasteiger partial charge < -0.3 is 5.32 Å². The summed E-state index contributed by atoms with van der Waals surface area (Å²) in [6.07, 6.45) is -3.66. The third-order valence-electron chi connectivity index (χ3n) is 3.61. The highest BCUT2D eigenvalue weighted by atomic mass is 19.4. The molecule has 3 rings (SSSR count). The highest BCUT2D eigenvalue weighted by Crippen LogP contribution is 2.30. The van der Waals surface area contributed by atoms with Crippen LogP contribution in [0.3, 0.4) is 0 Å². The number of hydrogen-bond acceptors (Lipinski definition) is 4. The quantitative estimate of drug-likeness (QED) is 0.865. The van der Waals surface area contributed by atoms with E-state index in [9.17, 15) is 22.8 Å². The Bertz CT molecular complexity index is 789. The van der Waals surface area contributed by atoms with Crippen LogP contribution in [0.4, 0.5) is 23.9 Å². The van der Waals surface area contributed by atoms with E-state index in [-0.39, 0.29) is 0 Å². The van der Waals surface area contributed by atoms with Gasteiger partial charge in [0.15, 0.2) is 0 Å². The van der Waals surface area contributed by atoms with Crippen LogP contribution in [0.5, 0.6) is 0 Å². The molecule has 0 radical (unpaired) electrons. The number of carbonyl (C=O) groups is 2. The first-order valence-corrected chi connectivity index (χ1v) is 6.89. The molecule has 1 unspecified atom stereocenters. The summed E-state index contributed by atoms with van der Waals surface area (Å²) in [4.78, 5) is 29.1. The van der Waals surface area contributed by atoms with Crippen LogP contribution < -0.4 is 10.2 Å². The van der Waals surface area contributed by atoms with Crippen LogP contribution in [-0.4, -0.2) is 32.9 Å². The summed E-state index contributed by atoms with van der Waals surface area (Å²) in [5.41, 5.74) is -0.797. The molecule has 126 valence electrons. The molecule has 0 spiro atoms. The Balaban J connectivity index is 1.90. The van der Waals surface area contributed by atoms with Gasteiger partial charge in [0.1, 0.15) is 18.4 Å². The number of amides is 3. The van der Waals surface area contributed by atoms with Crippen molar-refractivity contribution in [2.24, 2.45) is 0 Å². The maximum Gasteiger partial charge on any atom is 0.408 e. The molecule has 1 aromatic carbocycles. The van der Waals surface area contributed by atoms with E-state index in [2.05, 4.69) is 15.4 Å². The minimum Gasteiger partial charge on any atom is -0.319 e. The molecule has 1 aliphatic rings. The standard InChI is InChI=1S/C14H12F3N5O2/c1-13(9-5-3-2-4-6-9)10(23)22(12(24)19-13)11-18-8-21(20-11)7-14(15,16)17/h2-6,8H,7H2,1H3,(H,19,24). The first kappa shape index (κ1) is 16.0. The number of nitrogens with zero attached hydrogens (tertiary/aromatic N) is 4. The van der Waals surface area contributed by atoms with Gasteiger partial charge in [-0.3, -0.25) is 4.79 Å². The Morgan fingerprint density at radius 1 is 1.21 bits per heavy atom. The van der Waals surface area contributed by atoms with Crippen LogP contribution in [0.2, 0.25) is 0 Å². The van der Waals surface area contributed by atoms with Gasteiger partial charge in [-0.25, -0.2) is 9.48 Å². The number of halogens is 3. The van der Waals surface area contributed by atoms with Gasteiger partial charge in [-0.1, -0.05) is 30.3 Å². The van der Waals surface area contributed by atoms with Crippen molar-refractivity contribution < 1.29 is 22.8 Å². The third kappa shape index (κ3) is 2.70. The minimum atomic E-state index is -4.49. The second-order valence-corrected chi connectivity index (χ2v) is 5.42. The van der Waals surface area contributed by atoms with Crippen LogP contribution in [0, 0.1) is 0 Å². The fraction of sp³-hybridized carbons (Fsp3) is 0.286. The summed E-state index contributed by atoms with van der Waals surface area (Å²) in [6, 6.07) is 7.70. The van der Waals surface area contributed by atoms with Gasteiger partial charge in [0.25, 0.3) is 11.9 Å². The monoisotopic (exact) mass is 339 g/mol. The molecule has 2 heterocycles. The molecule has 1 saturated heterocycles. The maximum atomic E-state index is 12.7. The first-order valence-electron chi connectivity index (χ1n) is 6.89. The Morgan fingerprint density at radius 3 is 2.50 bits per heavy atom. The number of carbonyl (C=O) groups excluding carboxylic acids is 2. The van der Waals surface area contributed by atoms with E-state index in [0.29, 0.717) is 15.1 Å². The van der Waals surface area contributed by atoms with Crippen molar-refractivity contribution in [3.05, 3.63) is 42.2 Å². The van der Waals surface area contributed by atoms with E-state index in [0.717, 1.165) is 6.33 Å². The Morgan fingerprint density at radius 2 is 1.88 bits per heavy atom. The molecule has 24 heavy (non-hydrogen) atoms. The number of imide groups is 1. The average Bonchev–Trinajstić information content (AvgIpc) is 3.02. The fourth-order valence-electron chi connectivity index (χ4n) is 2.43. The van der Waals surface area contributed by atoms with Crippen molar-refractivity contribution in [1.29, 1.82) is 0 Å². The topological polar surface area (TPSA) is 80.1 Å². The first-order chi connectivity index (χ1) is 11.2. The summed E-state index contributed by atoms with van der Waals surface area (Å²) in [5.74, 6) is -1.06. The lowest BCUT2D eigenvalue weighted by atomic mass is 9.92. The summed E-state index contributed by atoms with van der Waals surface area (Å²) >= 11 is 0. The number of alkyl halides is 3. The van der Waals surface area contributed by atoms with Crippen molar-refractivity contribution in [2.45, 2.75) is 25.2 Å². The molecule has 2 aromatic rings. The minimum absolute atomic E-state index is 0.401. The van der Waals surface area contributed by atoms with Gasteiger partial charge in [0.2, 0.25) is 0 Å². The molecule has 0 aliphatic carbocycles. The Hall–Kier alpha value is -2.91. The van der Waals surface area contributed by atoms with E-state index in [1.165, 1.54) is 6.92 Å². The molecule has 0 saturated carbocycles. The number of benzene rings is 1. The zero-order chi connectivity index (χ0) is 17.5. The van der Waals surface area contributed by atoms with Gasteiger partial charge in [0, 0.05) is 0 Å². The van der Waals surface area contributed by atoms with Crippen LogP contribution >= 0.6 is 0 Å². The van der Waals surface area contributed by atoms with Crippen molar-refractivity contribution in [3.8, 4) is 0 Å². The van der Waals surface area contributed by atoms with Crippen LogP contribution in [0.1, 0.15) is 12.5 Å². The van der Waals surface area contributed by atoms with E-state index >= 15 is 0 Å². The SMILES string of the molecule is CC1(c2ccccc2)NC(=O)N(c2ncn(CC(F)(F)F)n2)C1=O. The van der Waals surface area contributed by atoms with Crippen molar-refractivity contribution in [1.82, 2.24) is 20.1 Å². The van der Waals surface area contributed by atoms with Crippen molar-refractivity contribution in [3.63, 3.8) is 0 Å². The lowest BCUT2D eigenvalue weighted by Crippen LogP contribution is -2.41. The highest BCUT2D eigenvalue weighted by Gasteiger charge is 2.51. The van der Waals surface area contributed by atoms with E-state index < -0.39 is 36.1 Å². The molecule has 1 aliphatic heterocycles. The zero-order valence-electron chi connectivity index (χ0n) is 12.4. The van der Waals surface area contributed by atoms with Crippen molar-refractivity contribution >= 4 is 17.9 Å². The highest BCUT2D eigenvalue weighted by molar-refractivity contribution is 6.22. The summed E-state index contributed by atoms with van der Waals surface area (Å²) in [5, 5.41) is 6.10. The smallest absolute Gasteiger partial charge is 0.319 e. The lowest BCUT2D eigenvalue weighted by molar-refractivity contribution is -0.142. The number of aromatic nitrogens is 3. The van der Waals surface area contributed by atoms with Gasteiger partial charge in [0.05, 0.1) is 0 Å². The van der Waals surface area contributed by atoms with Gasteiger partial charge in [-0.2, -0.15) is 23.1 Å². The van der Waals surface area contributed by atoms with Crippen LogP contribution in [-0.2, 0) is 16.9 Å². The number of nitrogens with one attached hydrogen (secondary N) is 1. The Labute approximate surface area is 134 Å². The van der Waals surface area contributed by atoms with E-state index in [4.69, 9.17) is 0 Å². The summed E-state index contributed by atoms with van der Waals surface area (Å²) in [7, 11) is 0. The van der Waals surface area contributed by atoms with Gasteiger partial charge in [-0.15, -0.1) is 5.10 Å². The van der Waals surface area contributed by atoms with Crippen LogP contribution in [0.15, 0.2) is 36.7 Å². The number of urea groups is 1. The normalized spacial score (nSPS) is 21.2. The zero-order valence-corrected chi connectivity index (χ0v) is 12.4. The molecular formula is C14H12F3N5O2. The second kappa shape index (κ2) is 5.32. The molecule has 10 heteroatoms. The third-order valence-corrected chi connectivity index (χ3v) is 3.61. The number of rotatable bonds is 3. The van der Waals surface area contributed by atoms with E-state index in [1.807, 2.05) is 0 Å². The van der Waals surface area contributed by atoms with Gasteiger partial charge >= 0.3 is 12.2 Å². The number of anilines is 1. The van der Waals surface area contributed by atoms with Crippen LogP contribution in [0.25, 0.3) is 0 Å². The molecule has 7 nitrogen and oxygen atoms in total. The molecule has 1 fully saturated rings. The molecule has 3 amide bonds. The molecule has 1 N–H and O–H groups in total. The average molecular weight is 339 g/mol. The number of hydrogen-bond donors (Lipinski definition) is 1. The predicted molar refractivity (Wildman–Crippen MR) is 75.9 cm³/mol. The largest absolute Gasteiger partial charge is 0.408 e. The molecule has 1 atom stereocenters. The summed E-state index contributed by atoms with van der Waals surface area (Å²) in [6.45, 7) is 0.148. The predicted octanol–water partition coefficient (Wildman–Crippen LogP) is 1.81. The lowest BCUT2D eigenvalue weighted by Gasteiger charge is -2.21. The molecular weight excluding hydrogens is 327 g/mol. The van der Waals surface area contributed by atoms with E-state index in [1.54, 1.807) is 30.3 Å². The fourth-order valence-corrected chi connectivity index (χ4v) is 2.43. The molecule has 1 aromatic heterocycles. The Kier molecular flexibility index (Phi) is 3.54. The molecule has 0 bridgehead atoms. The summed E-state index contributed by atoms with van der Waals surface area (Å²) < 4.78 is 37.7. The maximum absolute atomic E-state index is 12.7. The van der Waals surface area contributed by atoms with Crippen molar-refractivity contribution in [2.75, 3.05) is 4.90 Å². The second-order valence-electron chi connectivity index (χ2n) is 5.42. The van der Waals surface area contributed by atoms with Gasteiger partial charge in [-0.05, 0) is 12.5 Å².